The van der Waals surface area contributed by atoms with Gasteiger partial charge >= 0.3 is 0 Å². The number of carbonyl (C=O) groups is 1. The number of carbonyl (C=O) groups excluding carboxylic acids is 1. The van der Waals surface area contributed by atoms with Gasteiger partial charge in [0.05, 0.1) is 17.5 Å². The van der Waals surface area contributed by atoms with Crippen LogP contribution < -0.4 is 5.56 Å². The van der Waals surface area contributed by atoms with E-state index in [1.807, 2.05) is 27.8 Å². The van der Waals surface area contributed by atoms with Crippen LogP contribution in [0.2, 0.25) is 0 Å². The second kappa shape index (κ2) is 9.48. The highest BCUT2D eigenvalue weighted by molar-refractivity contribution is 5.81. The topological polar surface area (TPSA) is 83.6 Å². The standard InChI is InChI=1S/C28H35N5O3/c34-26(22-7-8-22)31-15-10-28(36,11-16-31)19-32-20-29-25-24(27(32)35)9-14-33(25)23-6-4-5-21(17-23)18-30-12-2-1-3-13-30/h4-6,9,14,17,20,22,36H,1-3,7-8,10-13,15-16,18-19H2. The number of hydrogen-bond acceptors (Lipinski definition) is 5. The van der Waals surface area contributed by atoms with E-state index in [0.717, 1.165) is 38.2 Å². The van der Waals surface area contributed by atoms with E-state index in [1.165, 1.54) is 29.4 Å². The van der Waals surface area contributed by atoms with E-state index in [0.29, 0.717) is 37.0 Å². The molecule has 6 rings (SSSR count). The highest BCUT2D eigenvalue weighted by Crippen LogP contribution is 2.33. The summed E-state index contributed by atoms with van der Waals surface area (Å²) in [5.41, 5.74) is 1.73. The average Bonchev–Trinajstić information content (AvgIpc) is 3.65. The van der Waals surface area contributed by atoms with E-state index in [2.05, 4.69) is 28.1 Å². The third-order valence-corrected chi connectivity index (χ3v) is 8.11. The highest BCUT2D eigenvalue weighted by Gasteiger charge is 2.39. The molecule has 1 saturated carbocycles. The average molecular weight is 490 g/mol. The number of piperidine rings is 2. The molecule has 1 N–H and O–H groups in total. The third kappa shape index (κ3) is 4.72. The van der Waals surface area contributed by atoms with Crippen LogP contribution in [-0.4, -0.2) is 66.7 Å². The van der Waals surface area contributed by atoms with E-state index < -0.39 is 5.60 Å². The first-order valence-corrected chi connectivity index (χ1v) is 13.4. The quantitative estimate of drug-likeness (QED) is 0.576. The summed E-state index contributed by atoms with van der Waals surface area (Å²) in [6, 6.07) is 10.3. The molecule has 2 saturated heterocycles. The smallest absolute Gasteiger partial charge is 0.262 e. The zero-order chi connectivity index (χ0) is 24.7. The van der Waals surface area contributed by atoms with Crippen molar-refractivity contribution in [2.24, 2.45) is 5.92 Å². The van der Waals surface area contributed by atoms with Crippen LogP contribution >= 0.6 is 0 Å². The number of nitrogens with zero attached hydrogens (tertiary/aromatic N) is 5. The van der Waals surface area contributed by atoms with E-state index in [9.17, 15) is 14.7 Å². The fourth-order valence-electron chi connectivity index (χ4n) is 5.76. The van der Waals surface area contributed by atoms with Gasteiger partial charge in [-0.3, -0.25) is 19.1 Å². The Kier molecular flexibility index (Phi) is 6.17. The van der Waals surface area contributed by atoms with Crippen molar-refractivity contribution in [2.45, 2.75) is 63.6 Å². The third-order valence-electron chi connectivity index (χ3n) is 8.11. The molecule has 2 aliphatic heterocycles. The zero-order valence-corrected chi connectivity index (χ0v) is 20.8. The van der Waals surface area contributed by atoms with Crippen molar-refractivity contribution in [2.75, 3.05) is 26.2 Å². The van der Waals surface area contributed by atoms with Crippen LogP contribution in [0.25, 0.3) is 16.7 Å². The monoisotopic (exact) mass is 489 g/mol. The molecule has 0 unspecified atom stereocenters. The molecule has 3 aliphatic rings. The van der Waals surface area contributed by atoms with E-state index >= 15 is 0 Å². The fourth-order valence-corrected chi connectivity index (χ4v) is 5.76. The van der Waals surface area contributed by atoms with Gasteiger partial charge in [-0.2, -0.15) is 0 Å². The molecule has 0 spiro atoms. The van der Waals surface area contributed by atoms with Crippen molar-refractivity contribution in [3.63, 3.8) is 0 Å². The maximum atomic E-state index is 13.3. The number of aromatic nitrogens is 3. The van der Waals surface area contributed by atoms with Gasteiger partial charge in [-0.1, -0.05) is 18.6 Å². The predicted molar refractivity (Wildman–Crippen MR) is 138 cm³/mol. The SMILES string of the molecule is O=C(C1CC1)N1CCC(O)(Cn2cnc3c(ccn3-c3cccc(CN4CCCCC4)c3)c2=O)CC1. The number of fused-ring (bicyclic) bond motifs is 1. The lowest BCUT2D eigenvalue weighted by Gasteiger charge is -2.38. The molecule has 8 nitrogen and oxygen atoms in total. The molecule has 1 amide bonds. The maximum Gasteiger partial charge on any atom is 0.262 e. The molecular weight excluding hydrogens is 454 g/mol. The Hall–Kier alpha value is -2.97. The van der Waals surface area contributed by atoms with Crippen molar-refractivity contribution < 1.29 is 9.90 Å². The van der Waals surface area contributed by atoms with Gasteiger partial charge in [0.15, 0.2) is 5.65 Å². The Morgan fingerprint density at radius 3 is 2.58 bits per heavy atom. The van der Waals surface area contributed by atoms with Crippen LogP contribution in [0.4, 0.5) is 0 Å². The lowest BCUT2D eigenvalue weighted by molar-refractivity contribution is -0.137. The molecule has 8 heteroatoms. The number of likely N-dealkylation sites (tertiary alicyclic amines) is 2. The van der Waals surface area contributed by atoms with E-state index in [1.54, 1.807) is 6.33 Å². The van der Waals surface area contributed by atoms with Crippen molar-refractivity contribution >= 4 is 16.9 Å². The van der Waals surface area contributed by atoms with Gasteiger partial charge in [0.25, 0.3) is 5.56 Å². The first-order chi connectivity index (χ1) is 17.5. The zero-order valence-electron chi connectivity index (χ0n) is 20.8. The molecule has 1 aliphatic carbocycles. The van der Waals surface area contributed by atoms with Crippen LogP contribution in [0, 0.1) is 5.92 Å². The van der Waals surface area contributed by atoms with Crippen LogP contribution in [0.3, 0.4) is 0 Å². The summed E-state index contributed by atoms with van der Waals surface area (Å²) < 4.78 is 3.50. The molecule has 36 heavy (non-hydrogen) atoms. The molecule has 3 fully saturated rings. The number of rotatable bonds is 6. The van der Waals surface area contributed by atoms with Gasteiger partial charge in [-0.15, -0.1) is 0 Å². The minimum atomic E-state index is -1.01. The minimum absolute atomic E-state index is 0.145. The fraction of sp³-hybridized carbons (Fsp3) is 0.536. The molecule has 2 aromatic heterocycles. The second-order valence-electron chi connectivity index (χ2n) is 10.9. The van der Waals surface area contributed by atoms with Crippen LogP contribution in [0.1, 0.15) is 50.5 Å². The first-order valence-electron chi connectivity index (χ1n) is 13.4. The van der Waals surface area contributed by atoms with E-state index in [4.69, 9.17) is 0 Å². The summed E-state index contributed by atoms with van der Waals surface area (Å²) in [5, 5.41) is 11.7. The Bertz CT molecular complexity index is 1310. The number of hydrogen-bond donors (Lipinski definition) is 1. The van der Waals surface area contributed by atoms with Gasteiger partial charge in [0, 0.05) is 37.4 Å². The highest BCUT2D eigenvalue weighted by atomic mass is 16.3. The molecule has 0 radical (unpaired) electrons. The summed E-state index contributed by atoms with van der Waals surface area (Å²) >= 11 is 0. The first kappa shape index (κ1) is 23.4. The van der Waals surface area contributed by atoms with Gasteiger partial charge in [0.2, 0.25) is 5.91 Å². The second-order valence-corrected chi connectivity index (χ2v) is 10.9. The molecule has 4 heterocycles. The molecule has 3 aromatic rings. The van der Waals surface area contributed by atoms with Crippen LogP contribution in [0.15, 0.2) is 47.7 Å². The summed E-state index contributed by atoms with van der Waals surface area (Å²) in [4.78, 5) is 34.7. The van der Waals surface area contributed by atoms with Gasteiger partial charge in [-0.05, 0) is 75.4 Å². The molecule has 190 valence electrons. The summed E-state index contributed by atoms with van der Waals surface area (Å²) in [5.74, 6) is 0.415. The summed E-state index contributed by atoms with van der Waals surface area (Å²) in [6.07, 6.45) is 10.2. The molecule has 0 atom stereocenters. The van der Waals surface area contributed by atoms with Crippen LogP contribution in [0.5, 0.6) is 0 Å². The van der Waals surface area contributed by atoms with Gasteiger partial charge in [-0.25, -0.2) is 4.98 Å². The number of benzene rings is 1. The Labute approximate surface area is 211 Å². The summed E-state index contributed by atoms with van der Waals surface area (Å²) in [6.45, 7) is 4.52. The Morgan fingerprint density at radius 1 is 1.06 bits per heavy atom. The largest absolute Gasteiger partial charge is 0.388 e. The van der Waals surface area contributed by atoms with Gasteiger partial charge in [0.1, 0.15) is 6.33 Å². The van der Waals surface area contributed by atoms with E-state index in [-0.39, 0.29) is 23.9 Å². The minimum Gasteiger partial charge on any atom is -0.388 e. The molecule has 1 aromatic carbocycles. The summed E-state index contributed by atoms with van der Waals surface area (Å²) in [7, 11) is 0. The molecule has 0 bridgehead atoms. The van der Waals surface area contributed by atoms with Crippen molar-refractivity contribution in [1.29, 1.82) is 0 Å². The lowest BCUT2D eigenvalue weighted by Crippen LogP contribution is -2.50. The van der Waals surface area contributed by atoms with Crippen molar-refractivity contribution in [3.8, 4) is 5.69 Å². The Balaban J connectivity index is 1.19. The van der Waals surface area contributed by atoms with Crippen LogP contribution in [-0.2, 0) is 17.9 Å². The predicted octanol–water partition coefficient (Wildman–Crippen LogP) is 2.94. The number of amides is 1. The Morgan fingerprint density at radius 2 is 1.83 bits per heavy atom. The lowest BCUT2D eigenvalue weighted by atomic mass is 9.91. The number of aliphatic hydroxyl groups is 1. The van der Waals surface area contributed by atoms with Crippen molar-refractivity contribution in [3.05, 3.63) is 58.8 Å². The van der Waals surface area contributed by atoms with Gasteiger partial charge < -0.3 is 14.6 Å². The maximum absolute atomic E-state index is 13.3. The molecular formula is C28H35N5O3. The van der Waals surface area contributed by atoms with Crippen molar-refractivity contribution in [1.82, 2.24) is 23.9 Å². The normalized spacial score (nSPS) is 20.6.